The van der Waals surface area contributed by atoms with Crippen molar-refractivity contribution in [1.29, 1.82) is 0 Å². The number of hydrogen-bond donors (Lipinski definition) is 3. The molecule has 9 nitrogen and oxygen atoms in total. The first-order valence-corrected chi connectivity index (χ1v) is 12.8. The molecule has 0 unspecified atom stereocenters. The standard InChI is InChI=1S/C23H31N5O4S/c1-4-27-11-13-28(14-12-27)16-18-5-7-19(8-6-18)25-23(30)21-15-20(24-17(2)29)9-10-22(21)26-33(3,31)32/h5-10,15,26H,4,11-14,16H2,1-3H3,(H,24,29)(H,25,30). The summed E-state index contributed by atoms with van der Waals surface area (Å²) in [4.78, 5) is 29.2. The summed E-state index contributed by atoms with van der Waals surface area (Å²) in [7, 11) is -3.59. The third kappa shape index (κ3) is 7.55. The number of anilines is 3. The van der Waals surface area contributed by atoms with Crippen molar-refractivity contribution in [2.24, 2.45) is 0 Å². The predicted octanol–water partition coefficient (Wildman–Crippen LogP) is 2.41. The van der Waals surface area contributed by atoms with E-state index in [1.165, 1.54) is 25.1 Å². The summed E-state index contributed by atoms with van der Waals surface area (Å²) in [5.41, 5.74) is 2.38. The van der Waals surface area contributed by atoms with E-state index in [1.807, 2.05) is 24.3 Å². The second-order valence-corrected chi connectivity index (χ2v) is 9.93. The number of carbonyl (C=O) groups is 2. The van der Waals surface area contributed by atoms with E-state index < -0.39 is 15.9 Å². The summed E-state index contributed by atoms with van der Waals surface area (Å²) in [5, 5.41) is 5.41. The summed E-state index contributed by atoms with van der Waals surface area (Å²) in [5.74, 6) is -0.784. The summed E-state index contributed by atoms with van der Waals surface area (Å²) < 4.78 is 25.8. The molecule has 2 aromatic rings. The third-order valence-electron chi connectivity index (χ3n) is 5.41. The minimum atomic E-state index is -3.59. The van der Waals surface area contributed by atoms with Gasteiger partial charge in [0.05, 0.1) is 17.5 Å². The van der Waals surface area contributed by atoms with Crippen molar-refractivity contribution in [1.82, 2.24) is 9.80 Å². The van der Waals surface area contributed by atoms with Crippen LogP contribution in [-0.4, -0.2) is 69.0 Å². The van der Waals surface area contributed by atoms with Gasteiger partial charge in [0.15, 0.2) is 0 Å². The van der Waals surface area contributed by atoms with Crippen LogP contribution in [0.4, 0.5) is 17.1 Å². The maximum Gasteiger partial charge on any atom is 0.257 e. The number of nitrogens with one attached hydrogen (secondary N) is 3. The van der Waals surface area contributed by atoms with Crippen LogP contribution in [0.1, 0.15) is 29.8 Å². The van der Waals surface area contributed by atoms with Crippen molar-refractivity contribution in [2.75, 3.05) is 54.3 Å². The fraction of sp³-hybridized carbons (Fsp3) is 0.391. The Bertz CT molecular complexity index is 1090. The molecule has 0 radical (unpaired) electrons. The average molecular weight is 474 g/mol. The normalized spacial score (nSPS) is 15.1. The van der Waals surface area contributed by atoms with E-state index in [2.05, 4.69) is 32.1 Å². The second kappa shape index (κ2) is 10.8. The molecule has 0 aromatic heterocycles. The molecular weight excluding hydrogens is 442 g/mol. The number of likely N-dealkylation sites (N-methyl/N-ethyl adjacent to an activating group) is 1. The lowest BCUT2D eigenvalue weighted by Gasteiger charge is -2.34. The van der Waals surface area contributed by atoms with Crippen molar-refractivity contribution in [2.45, 2.75) is 20.4 Å². The molecule has 0 saturated carbocycles. The van der Waals surface area contributed by atoms with Crippen molar-refractivity contribution < 1.29 is 18.0 Å². The Labute approximate surface area is 195 Å². The summed E-state index contributed by atoms with van der Waals surface area (Å²) >= 11 is 0. The molecule has 3 N–H and O–H groups in total. The van der Waals surface area contributed by atoms with Crippen LogP contribution in [0.2, 0.25) is 0 Å². The number of amides is 2. The highest BCUT2D eigenvalue weighted by Gasteiger charge is 2.17. The Kier molecular flexibility index (Phi) is 8.06. The highest BCUT2D eigenvalue weighted by molar-refractivity contribution is 7.92. The van der Waals surface area contributed by atoms with Gasteiger partial charge in [-0.05, 0) is 42.4 Å². The van der Waals surface area contributed by atoms with E-state index in [0.717, 1.165) is 51.1 Å². The lowest BCUT2D eigenvalue weighted by Crippen LogP contribution is -2.45. The number of nitrogens with zero attached hydrogens (tertiary/aromatic N) is 2. The molecular formula is C23H31N5O4S. The van der Waals surface area contributed by atoms with Gasteiger partial charge in [0.25, 0.3) is 5.91 Å². The smallest absolute Gasteiger partial charge is 0.257 e. The number of carbonyl (C=O) groups excluding carboxylic acids is 2. The fourth-order valence-corrected chi connectivity index (χ4v) is 4.29. The second-order valence-electron chi connectivity index (χ2n) is 8.18. The van der Waals surface area contributed by atoms with E-state index in [1.54, 1.807) is 0 Å². The highest BCUT2D eigenvalue weighted by Crippen LogP contribution is 2.23. The molecule has 1 fully saturated rings. The zero-order valence-electron chi connectivity index (χ0n) is 19.2. The van der Waals surface area contributed by atoms with Crippen LogP contribution in [0.15, 0.2) is 42.5 Å². The van der Waals surface area contributed by atoms with Crippen LogP contribution < -0.4 is 15.4 Å². The Morgan fingerprint density at radius 3 is 2.09 bits per heavy atom. The van der Waals surface area contributed by atoms with Gasteiger partial charge in [-0.1, -0.05) is 19.1 Å². The molecule has 0 aliphatic carbocycles. The van der Waals surface area contributed by atoms with E-state index >= 15 is 0 Å². The summed E-state index contributed by atoms with van der Waals surface area (Å²) in [6.45, 7) is 9.69. The van der Waals surface area contributed by atoms with Crippen molar-refractivity contribution >= 4 is 38.9 Å². The average Bonchev–Trinajstić information content (AvgIpc) is 2.75. The number of benzene rings is 2. The quantitative estimate of drug-likeness (QED) is 0.543. The van der Waals surface area contributed by atoms with Gasteiger partial charge in [-0.2, -0.15) is 0 Å². The van der Waals surface area contributed by atoms with Crippen molar-refractivity contribution in [3.63, 3.8) is 0 Å². The molecule has 3 rings (SSSR count). The van der Waals surface area contributed by atoms with E-state index in [0.29, 0.717) is 11.4 Å². The molecule has 10 heteroatoms. The van der Waals surface area contributed by atoms with Gasteiger partial charge in [-0.25, -0.2) is 8.42 Å². The molecule has 1 heterocycles. The largest absolute Gasteiger partial charge is 0.326 e. The van der Waals surface area contributed by atoms with Crippen molar-refractivity contribution in [3.8, 4) is 0 Å². The van der Waals surface area contributed by atoms with Gasteiger partial charge in [0.1, 0.15) is 0 Å². The number of piperazine rings is 1. The van der Waals surface area contributed by atoms with Gasteiger partial charge in [0.2, 0.25) is 15.9 Å². The fourth-order valence-electron chi connectivity index (χ4n) is 3.72. The molecule has 1 aliphatic heterocycles. The molecule has 1 saturated heterocycles. The van der Waals surface area contributed by atoms with E-state index in [-0.39, 0.29) is 17.2 Å². The minimum absolute atomic E-state index is 0.101. The Morgan fingerprint density at radius 2 is 1.52 bits per heavy atom. The number of rotatable bonds is 8. The first-order valence-electron chi connectivity index (χ1n) is 10.9. The van der Waals surface area contributed by atoms with Crippen LogP contribution in [0.3, 0.4) is 0 Å². The zero-order valence-corrected chi connectivity index (χ0v) is 20.0. The van der Waals surface area contributed by atoms with Gasteiger partial charge in [-0.15, -0.1) is 0 Å². The van der Waals surface area contributed by atoms with Crippen molar-refractivity contribution in [3.05, 3.63) is 53.6 Å². The maximum absolute atomic E-state index is 12.9. The number of sulfonamides is 1. The van der Waals surface area contributed by atoms with Gasteiger partial charge in [-0.3, -0.25) is 19.2 Å². The first kappa shape index (κ1) is 24.7. The molecule has 2 aromatic carbocycles. The van der Waals surface area contributed by atoms with Gasteiger partial charge in [0, 0.05) is 51.0 Å². The topological polar surface area (TPSA) is 111 Å². The maximum atomic E-state index is 12.9. The Balaban J connectivity index is 1.70. The molecule has 1 aliphatic rings. The monoisotopic (exact) mass is 473 g/mol. The molecule has 0 spiro atoms. The van der Waals surface area contributed by atoms with Gasteiger partial charge >= 0.3 is 0 Å². The summed E-state index contributed by atoms with van der Waals surface area (Å²) in [6, 6.07) is 12.0. The van der Waals surface area contributed by atoms with Crippen LogP contribution in [-0.2, 0) is 21.4 Å². The third-order valence-corrected chi connectivity index (χ3v) is 6.00. The van der Waals surface area contributed by atoms with Crippen LogP contribution >= 0.6 is 0 Å². The molecule has 0 atom stereocenters. The SMILES string of the molecule is CCN1CCN(Cc2ccc(NC(=O)c3cc(NC(C)=O)ccc3NS(C)(=O)=O)cc2)CC1. The Morgan fingerprint density at radius 1 is 0.909 bits per heavy atom. The van der Waals surface area contributed by atoms with E-state index in [9.17, 15) is 18.0 Å². The van der Waals surface area contributed by atoms with Gasteiger partial charge < -0.3 is 15.5 Å². The van der Waals surface area contributed by atoms with E-state index in [4.69, 9.17) is 0 Å². The molecule has 33 heavy (non-hydrogen) atoms. The first-order chi connectivity index (χ1) is 15.6. The van der Waals surface area contributed by atoms with Crippen LogP contribution in [0.5, 0.6) is 0 Å². The lowest BCUT2D eigenvalue weighted by atomic mass is 10.1. The minimum Gasteiger partial charge on any atom is -0.326 e. The molecule has 0 bridgehead atoms. The zero-order chi connectivity index (χ0) is 24.0. The summed E-state index contributed by atoms with van der Waals surface area (Å²) in [6.07, 6.45) is 1.01. The lowest BCUT2D eigenvalue weighted by molar-refractivity contribution is -0.114. The van der Waals surface area contributed by atoms with Crippen LogP contribution in [0, 0.1) is 0 Å². The highest BCUT2D eigenvalue weighted by atomic mass is 32.2. The predicted molar refractivity (Wildman–Crippen MR) is 131 cm³/mol. The molecule has 2 amide bonds. The Hall–Kier alpha value is -2.95. The number of hydrogen-bond acceptors (Lipinski definition) is 6. The van der Waals surface area contributed by atoms with Crippen LogP contribution in [0.25, 0.3) is 0 Å². The molecule has 178 valence electrons.